The Morgan fingerprint density at radius 2 is 1.48 bits per heavy atom. The molecule has 2 N–H and O–H groups in total. The number of aromatic nitrogens is 2. The molecule has 1 fully saturated rings. The van der Waals surface area contributed by atoms with Crippen molar-refractivity contribution < 1.29 is 28.6 Å². The third-order valence-electron chi connectivity index (χ3n) is 7.35. The molecule has 0 unspecified atom stereocenters. The van der Waals surface area contributed by atoms with Crippen LogP contribution < -0.4 is 10.5 Å². The Hall–Kier alpha value is -4.64. The van der Waals surface area contributed by atoms with E-state index in [4.69, 9.17) is 0 Å². The minimum Gasteiger partial charge on any atom is -0.477 e. The van der Waals surface area contributed by atoms with Crippen LogP contribution in [0.15, 0.2) is 65.5 Å². The highest BCUT2D eigenvalue weighted by molar-refractivity contribution is 6.04. The van der Waals surface area contributed by atoms with E-state index >= 15 is 0 Å². The summed E-state index contributed by atoms with van der Waals surface area (Å²) in [5.41, 5.74) is 0.583. The molecule has 0 saturated carbocycles. The number of aryl methyl sites for hydroxylation is 1. The first-order valence-corrected chi connectivity index (χ1v) is 12.6. The van der Waals surface area contributed by atoms with Gasteiger partial charge in [0.15, 0.2) is 5.56 Å². The molecular formula is C29H26F2N4O5. The average molecular weight is 549 g/mol. The molecule has 1 atom stereocenters. The summed E-state index contributed by atoms with van der Waals surface area (Å²) in [6.45, 7) is 2.89. The van der Waals surface area contributed by atoms with Gasteiger partial charge < -0.3 is 19.7 Å². The minimum absolute atomic E-state index is 0.0697. The molecule has 1 aliphatic rings. The Morgan fingerprint density at radius 3 is 1.98 bits per heavy atom. The van der Waals surface area contributed by atoms with Crippen LogP contribution in [-0.4, -0.2) is 62.3 Å². The van der Waals surface area contributed by atoms with E-state index in [1.54, 1.807) is 29.2 Å². The predicted octanol–water partition coefficient (Wildman–Crippen LogP) is 3.91. The van der Waals surface area contributed by atoms with Crippen molar-refractivity contribution in [2.75, 3.05) is 24.5 Å². The molecule has 1 saturated heterocycles. The molecule has 0 spiro atoms. The molecule has 0 aliphatic carbocycles. The topological polar surface area (TPSA) is 116 Å². The van der Waals surface area contributed by atoms with E-state index in [1.165, 1.54) is 43.4 Å². The molecule has 2 aromatic carbocycles. The van der Waals surface area contributed by atoms with E-state index in [1.807, 2.05) is 6.92 Å². The van der Waals surface area contributed by atoms with Crippen LogP contribution in [0.3, 0.4) is 0 Å². The summed E-state index contributed by atoms with van der Waals surface area (Å²) in [4.78, 5) is 45.3. The summed E-state index contributed by atoms with van der Waals surface area (Å²) in [7, 11) is 1.42. The number of carboxylic acids is 2. The van der Waals surface area contributed by atoms with Crippen molar-refractivity contribution in [3.8, 4) is 0 Å². The second-order valence-corrected chi connectivity index (χ2v) is 9.80. The van der Waals surface area contributed by atoms with Crippen molar-refractivity contribution in [3.05, 3.63) is 105 Å². The maximum Gasteiger partial charge on any atom is 0.354 e. The standard InChI is InChI=1S/C29H26F2N4O5/c1-16-15-34(26-23(29(39)40)27(36)33(2)22-12-11-21(28(37)38)32-24(22)26)13-14-35(16)25(17-3-7-19(30)8-4-17)18-5-9-20(31)10-6-18/h3-12,16,25H,13-15H2,1-2H3,(H,37,38)(H,39,40)/t16-/m1/s1. The fourth-order valence-corrected chi connectivity index (χ4v) is 5.44. The molecule has 5 rings (SSSR count). The lowest BCUT2D eigenvalue weighted by Crippen LogP contribution is -2.54. The third-order valence-corrected chi connectivity index (χ3v) is 7.35. The molecule has 0 amide bonds. The normalized spacial score (nSPS) is 16.0. The summed E-state index contributed by atoms with van der Waals surface area (Å²) in [6.07, 6.45) is 0. The van der Waals surface area contributed by atoms with Crippen LogP contribution in [0, 0.1) is 11.6 Å². The highest BCUT2D eigenvalue weighted by atomic mass is 19.1. The Morgan fingerprint density at radius 1 is 0.900 bits per heavy atom. The van der Waals surface area contributed by atoms with Gasteiger partial charge in [0.2, 0.25) is 0 Å². The third kappa shape index (κ3) is 4.79. The number of benzene rings is 2. The lowest BCUT2D eigenvalue weighted by atomic mass is 9.94. The number of aromatic carboxylic acids is 2. The van der Waals surface area contributed by atoms with Gasteiger partial charge in [0.05, 0.1) is 17.2 Å². The molecule has 11 heteroatoms. The summed E-state index contributed by atoms with van der Waals surface area (Å²) in [5.74, 6) is -3.48. The largest absolute Gasteiger partial charge is 0.477 e. The van der Waals surface area contributed by atoms with Gasteiger partial charge in [-0.25, -0.2) is 23.4 Å². The first-order chi connectivity index (χ1) is 19.1. The van der Waals surface area contributed by atoms with Crippen LogP contribution in [0.4, 0.5) is 14.5 Å². The quantitative estimate of drug-likeness (QED) is 0.373. The van der Waals surface area contributed by atoms with Crippen molar-refractivity contribution >= 4 is 28.7 Å². The molecule has 0 radical (unpaired) electrons. The predicted molar refractivity (Wildman–Crippen MR) is 144 cm³/mol. The lowest BCUT2D eigenvalue weighted by molar-refractivity contribution is 0.0683. The minimum atomic E-state index is -1.44. The first-order valence-electron chi connectivity index (χ1n) is 12.6. The number of fused-ring (bicyclic) bond motifs is 1. The van der Waals surface area contributed by atoms with Crippen LogP contribution in [0.2, 0.25) is 0 Å². The number of pyridine rings is 2. The maximum atomic E-state index is 13.7. The molecule has 40 heavy (non-hydrogen) atoms. The lowest BCUT2D eigenvalue weighted by Gasteiger charge is -2.45. The second-order valence-electron chi connectivity index (χ2n) is 9.80. The molecule has 1 aliphatic heterocycles. The summed E-state index contributed by atoms with van der Waals surface area (Å²) in [5, 5.41) is 19.6. The van der Waals surface area contributed by atoms with Crippen LogP contribution in [0.1, 0.15) is 44.9 Å². The number of hydrogen-bond donors (Lipinski definition) is 2. The van der Waals surface area contributed by atoms with E-state index in [0.717, 1.165) is 15.7 Å². The van der Waals surface area contributed by atoms with E-state index in [-0.39, 0.29) is 53.7 Å². The van der Waals surface area contributed by atoms with Gasteiger partial charge in [-0.05, 0) is 54.4 Å². The van der Waals surface area contributed by atoms with E-state index < -0.39 is 23.1 Å². The monoisotopic (exact) mass is 548 g/mol. The summed E-state index contributed by atoms with van der Waals surface area (Å²) < 4.78 is 28.6. The number of halogens is 2. The van der Waals surface area contributed by atoms with Crippen LogP contribution in [0.25, 0.3) is 11.0 Å². The number of carboxylic acid groups (broad SMARTS) is 2. The molecule has 0 bridgehead atoms. The number of hydrogen-bond acceptors (Lipinski definition) is 6. The number of nitrogens with zero attached hydrogens (tertiary/aromatic N) is 4. The number of carbonyl (C=O) groups is 2. The average Bonchev–Trinajstić information content (AvgIpc) is 2.93. The van der Waals surface area contributed by atoms with Crippen LogP contribution in [0.5, 0.6) is 0 Å². The van der Waals surface area contributed by atoms with Crippen molar-refractivity contribution in [1.82, 2.24) is 14.5 Å². The van der Waals surface area contributed by atoms with Gasteiger partial charge in [-0.3, -0.25) is 9.69 Å². The summed E-state index contributed by atoms with van der Waals surface area (Å²) >= 11 is 0. The molecule has 9 nitrogen and oxygen atoms in total. The molecule has 2 aromatic heterocycles. The first kappa shape index (κ1) is 26.9. The van der Waals surface area contributed by atoms with E-state index in [2.05, 4.69) is 9.88 Å². The number of rotatable bonds is 6. The van der Waals surface area contributed by atoms with Gasteiger partial charge in [0.1, 0.15) is 22.8 Å². The Kier molecular flexibility index (Phi) is 7.07. The van der Waals surface area contributed by atoms with Crippen molar-refractivity contribution in [3.63, 3.8) is 0 Å². The molecule has 3 heterocycles. The maximum absolute atomic E-state index is 13.7. The SMILES string of the molecule is C[C@@H]1CN(c2c(C(=O)O)c(=O)n(C)c3ccc(C(=O)O)nc23)CCN1C(c1ccc(F)cc1)c1ccc(F)cc1. The number of anilines is 1. The van der Waals surface area contributed by atoms with E-state index in [9.17, 15) is 33.4 Å². The van der Waals surface area contributed by atoms with Crippen molar-refractivity contribution in [1.29, 1.82) is 0 Å². The van der Waals surface area contributed by atoms with Gasteiger partial charge in [0.25, 0.3) is 5.56 Å². The Balaban J connectivity index is 1.59. The fraction of sp³-hybridized carbons (Fsp3) is 0.241. The highest BCUT2D eigenvalue weighted by Crippen LogP contribution is 2.35. The van der Waals surface area contributed by atoms with E-state index in [0.29, 0.717) is 12.1 Å². The van der Waals surface area contributed by atoms with Crippen molar-refractivity contribution in [2.24, 2.45) is 7.05 Å². The zero-order valence-corrected chi connectivity index (χ0v) is 21.7. The fourth-order valence-electron chi connectivity index (χ4n) is 5.44. The van der Waals surface area contributed by atoms with Crippen molar-refractivity contribution in [2.45, 2.75) is 19.0 Å². The van der Waals surface area contributed by atoms with Gasteiger partial charge in [0, 0.05) is 32.7 Å². The van der Waals surface area contributed by atoms with Crippen LogP contribution >= 0.6 is 0 Å². The summed E-state index contributed by atoms with van der Waals surface area (Å²) in [6, 6.07) is 14.3. The van der Waals surface area contributed by atoms with Gasteiger partial charge in [-0.15, -0.1) is 0 Å². The van der Waals surface area contributed by atoms with Gasteiger partial charge in [-0.1, -0.05) is 24.3 Å². The Bertz CT molecular complexity index is 1630. The Labute approximate surface area is 227 Å². The molecule has 206 valence electrons. The van der Waals surface area contributed by atoms with Gasteiger partial charge in [-0.2, -0.15) is 0 Å². The molecular weight excluding hydrogens is 522 g/mol. The number of piperazine rings is 1. The zero-order valence-electron chi connectivity index (χ0n) is 21.7. The zero-order chi connectivity index (χ0) is 28.7. The van der Waals surface area contributed by atoms with Gasteiger partial charge >= 0.3 is 11.9 Å². The smallest absolute Gasteiger partial charge is 0.354 e. The second kappa shape index (κ2) is 10.5. The molecule has 4 aromatic rings. The van der Waals surface area contributed by atoms with Crippen LogP contribution in [-0.2, 0) is 7.05 Å². The highest BCUT2D eigenvalue weighted by Gasteiger charge is 2.35.